The van der Waals surface area contributed by atoms with E-state index in [9.17, 15) is 13.2 Å². The lowest BCUT2D eigenvalue weighted by Gasteiger charge is -2.12. The highest BCUT2D eigenvalue weighted by atomic mass is 19.4. The van der Waals surface area contributed by atoms with Gasteiger partial charge in [-0.3, -0.25) is 4.98 Å². The summed E-state index contributed by atoms with van der Waals surface area (Å²) in [4.78, 5) is 7.81. The Hall–Kier alpha value is -3.09. The van der Waals surface area contributed by atoms with Crippen molar-refractivity contribution < 1.29 is 17.9 Å². The second-order valence-electron chi connectivity index (χ2n) is 5.48. The van der Waals surface area contributed by atoms with E-state index in [1.165, 1.54) is 6.07 Å². The van der Waals surface area contributed by atoms with Gasteiger partial charge in [-0.05, 0) is 49.0 Å². The summed E-state index contributed by atoms with van der Waals surface area (Å²) in [6, 6.07) is 9.43. The van der Waals surface area contributed by atoms with Crippen LogP contribution in [0.5, 0.6) is 11.5 Å². The lowest BCUT2D eigenvalue weighted by atomic mass is 10.1. The molecular weight excluding hydrogens is 343 g/mol. The summed E-state index contributed by atoms with van der Waals surface area (Å²) < 4.78 is 43.5. The van der Waals surface area contributed by atoms with Gasteiger partial charge in [0.25, 0.3) is 0 Å². The molecule has 1 aromatic carbocycles. The van der Waals surface area contributed by atoms with E-state index in [2.05, 4.69) is 15.3 Å². The van der Waals surface area contributed by atoms with Crippen LogP contribution >= 0.6 is 0 Å². The first-order valence-corrected chi connectivity index (χ1v) is 7.91. The van der Waals surface area contributed by atoms with Gasteiger partial charge in [-0.15, -0.1) is 0 Å². The van der Waals surface area contributed by atoms with Crippen molar-refractivity contribution in [3.8, 4) is 11.5 Å². The molecule has 3 rings (SSSR count). The number of hydrogen-bond donors (Lipinski definition) is 1. The number of nitrogens with zero attached hydrogens (tertiary/aromatic N) is 2. The zero-order chi connectivity index (χ0) is 18.6. The van der Waals surface area contributed by atoms with Crippen LogP contribution in [0.25, 0.3) is 10.9 Å². The van der Waals surface area contributed by atoms with Gasteiger partial charge >= 0.3 is 6.18 Å². The van der Waals surface area contributed by atoms with Crippen LogP contribution in [0.2, 0.25) is 0 Å². The SMILES string of the molecule is CC=CNCc1ccc(Oc2ccc(C(F)(F)F)nc2)c2cccnc12. The number of halogens is 3. The van der Waals surface area contributed by atoms with E-state index < -0.39 is 11.9 Å². The van der Waals surface area contributed by atoms with Gasteiger partial charge in [-0.1, -0.05) is 12.1 Å². The molecule has 0 unspecified atom stereocenters. The summed E-state index contributed by atoms with van der Waals surface area (Å²) in [6.07, 6.45) is 2.01. The number of nitrogens with one attached hydrogen (secondary N) is 1. The van der Waals surface area contributed by atoms with Crippen molar-refractivity contribution in [2.75, 3.05) is 0 Å². The Bertz CT molecular complexity index is 921. The summed E-state index contributed by atoms with van der Waals surface area (Å²) in [5.41, 5.74) is 0.792. The van der Waals surface area contributed by atoms with Crippen molar-refractivity contribution in [1.82, 2.24) is 15.3 Å². The Morgan fingerprint density at radius 1 is 1.12 bits per heavy atom. The fourth-order valence-electron chi connectivity index (χ4n) is 2.46. The number of aromatic nitrogens is 2. The zero-order valence-electron chi connectivity index (χ0n) is 13.9. The van der Waals surface area contributed by atoms with E-state index in [4.69, 9.17) is 4.74 Å². The van der Waals surface area contributed by atoms with E-state index in [-0.39, 0.29) is 5.75 Å². The van der Waals surface area contributed by atoms with Crippen LogP contribution in [0.3, 0.4) is 0 Å². The molecule has 1 N–H and O–H groups in total. The molecule has 0 saturated carbocycles. The van der Waals surface area contributed by atoms with Gasteiger partial charge in [-0.25, -0.2) is 4.98 Å². The molecule has 26 heavy (non-hydrogen) atoms. The molecule has 2 aromatic heterocycles. The maximum Gasteiger partial charge on any atom is 0.433 e. The molecule has 0 aliphatic rings. The molecule has 0 radical (unpaired) electrons. The smallest absolute Gasteiger partial charge is 0.433 e. The third-order valence-corrected chi connectivity index (χ3v) is 3.64. The molecule has 4 nitrogen and oxygen atoms in total. The molecule has 0 bridgehead atoms. The Morgan fingerprint density at radius 2 is 1.96 bits per heavy atom. The summed E-state index contributed by atoms with van der Waals surface area (Å²) in [7, 11) is 0. The minimum absolute atomic E-state index is 0.225. The van der Waals surface area contributed by atoms with Crippen molar-refractivity contribution in [3.05, 3.63) is 72.3 Å². The standard InChI is InChI=1S/C19H16F3N3O/c1-2-9-23-11-13-5-7-16(15-4-3-10-24-18(13)15)26-14-6-8-17(25-12-14)19(20,21)22/h2-10,12,23H,11H2,1H3. The lowest BCUT2D eigenvalue weighted by molar-refractivity contribution is -0.141. The average Bonchev–Trinajstić information content (AvgIpc) is 2.63. The van der Waals surface area contributed by atoms with E-state index in [1.54, 1.807) is 18.3 Å². The molecule has 0 saturated heterocycles. The number of ether oxygens (including phenoxy) is 1. The number of fused-ring (bicyclic) bond motifs is 1. The normalized spacial score (nSPS) is 11.8. The highest BCUT2D eigenvalue weighted by Gasteiger charge is 2.32. The highest BCUT2D eigenvalue weighted by Crippen LogP contribution is 2.32. The minimum atomic E-state index is -4.48. The molecule has 0 amide bonds. The lowest BCUT2D eigenvalue weighted by Crippen LogP contribution is -2.07. The van der Waals surface area contributed by atoms with Crippen molar-refractivity contribution in [1.29, 1.82) is 0 Å². The van der Waals surface area contributed by atoms with Crippen LogP contribution in [0.1, 0.15) is 18.2 Å². The predicted molar refractivity (Wildman–Crippen MR) is 92.7 cm³/mol. The quantitative estimate of drug-likeness (QED) is 0.691. The summed E-state index contributed by atoms with van der Waals surface area (Å²) in [5.74, 6) is 0.729. The third kappa shape index (κ3) is 3.93. The molecule has 0 aliphatic heterocycles. The van der Waals surface area contributed by atoms with Crippen LogP contribution in [0.4, 0.5) is 13.2 Å². The monoisotopic (exact) mass is 359 g/mol. The van der Waals surface area contributed by atoms with Gasteiger partial charge in [-0.2, -0.15) is 13.2 Å². The Balaban J connectivity index is 1.90. The molecule has 0 aliphatic carbocycles. The van der Waals surface area contributed by atoms with Gasteiger partial charge in [0.2, 0.25) is 0 Å². The maximum absolute atomic E-state index is 12.6. The van der Waals surface area contributed by atoms with Gasteiger partial charge in [0.05, 0.1) is 11.7 Å². The summed E-state index contributed by atoms with van der Waals surface area (Å²) >= 11 is 0. The van der Waals surface area contributed by atoms with Crippen molar-refractivity contribution in [3.63, 3.8) is 0 Å². The van der Waals surface area contributed by atoms with Crippen molar-refractivity contribution in [2.24, 2.45) is 0 Å². The first-order chi connectivity index (χ1) is 12.5. The fourth-order valence-corrected chi connectivity index (χ4v) is 2.46. The molecule has 0 atom stereocenters. The predicted octanol–water partition coefficient (Wildman–Crippen LogP) is 5.06. The Labute approximate surface area is 148 Å². The number of alkyl halides is 3. The van der Waals surface area contributed by atoms with E-state index in [1.807, 2.05) is 31.3 Å². The number of rotatable bonds is 5. The average molecular weight is 359 g/mol. The first kappa shape index (κ1) is 17.7. The van der Waals surface area contributed by atoms with Gasteiger partial charge in [0.15, 0.2) is 0 Å². The van der Waals surface area contributed by atoms with Gasteiger partial charge < -0.3 is 10.1 Å². The zero-order valence-corrected chi connectivity index (χ0v) is 13.9. The second-order valence-corrected chi connectivity index (χ2v) is 5.48. The molecule has 0 spiro atoms. The number of benzene rings is 1. The number of allylic oxidation sites excluding steroid dienone is 1. The summed E-state index contributed by atoms with van der Waals surface area (Å²) in [5, 5.41) is 3.93. The van der Waals surface area contributed by atoms with Crippen LogP contribution in [-0.2, 0) is 12.7 Å². The number of hydrogen-bond acceptors (Lipinski definition) is 4. The first-order valence-electron chi connectivity index (χ1n) is 7.91. The van der Waals surface area contributed by atoms with Gasteiger partial charge in [0.1, 0.15) is 17.2 Å². The van der Waals surface area contributed by atoms with E-state index >= 15 is 0 Å². The highest BCUT2D eigenvalue weighted by molar-refractivity contribution is 5.88. The van der Waals surface area contributed by atoms with Crippen LogP contribution < -0.4 is 10.1 Å². The van der Waals surface area contributed by atoms with Crippen LogP contribution in [0.15, 0.2) is 61.1 Å². The molecule has 2 heterocycles. The molecule has 3 aromatic rings. The van der Waals surface area contributed by atoms with Crippen LogP contribution in [-0.4, -0.2) is 9.97 Å². The fraction of sp³-hybridized carbons (Fsp3) is 0.158. The largest absolute Gasteiger partial charge is 0.455 e. The number of pyridine rings is 2. The minimum Gasteiger partial charge on any atom is -0.455 e. The Kier molecular flexibility index (Phi) is 5.06. The molecule has 7 heteroatoms. The molecule has 134 valence electrons. The van der Waals surface area contributed by atoms with E-state index in [0.29, 0.717) is 12.3 Å². The third-order valence-electron chi connectivity index (χ3n) is 3.64. The topological polar surface area (TPSA) is 47.0 Å². The van der Waals surface area contributed by atoms with Crippen molar-refractivity contribution in [2.45, 2.75) is 19.6 Å². The summed E-state index contributed by atoms with van der Waals surface area (Å²) in [6.45, 7) is 2.51. The Morgan fingerprint density at radius 3 is 2.65 bits per heavy atom. The maximum atomic E-state index is 12.6. The van der Waals surface area contributed by atoms with E-state index in [0.717, 1.165) is 28.7 Å². The van der Waals surface area contributed by atoms with Crippen molar-refractivity contribution >= 4 is 10.9 Å². The molecular formula is C19H16F3N3O. The molecule has 0 fully saturated rings. The van der Waals surface area contributed by atoms with Crippen LogP contribution in [0, 0.1) is 0 Å². The van der Waals surface area contributed by atoms with Gasteiger partial charge in [0, 0.05) is 18.1 Å². The second kappa shape index (κ2) is 7.43.